The molecule has 0 radical (unpaired) electrons. The standard InChI is InChI=1S/C12H16FN3O3S/c1-15(2)20(18,19)14-10-7-12(17)16(8-10)11-5-3-4-9(13)6-11/h3-6,10,14H,7-8H2,1-2H3/t10-/m0/s1. The molecule has 1 aromatic carbocycles. The Morgan fingerprint density at radius 3 is 2.70 bits per heavy atom. The third-order valence-corrected chi connectivity index (χ3v) is 4.63. The van der Waals surface area contributed by atoms with Gasteiger partial charge in [0.25, 0.3) is 10.2 Å². The van der Waals surface area contributed by atoms with Gasteiger partial charge in [0.1, 0.15) is 5.82 Å². The van der Waals surface area contributed by atoms with Crippen molar-refractivity contribution in [3.63, 3.8) is 0 Å². The van der Waals surface area contributed by atoms with Gasteiger partial charge in [0.15, 0.2) is 0 Å². The Hall–Kier alpha value is -1.51. The number of nitrogens with one attached hydrogen (secondary N) is 1. The number of benzene rings is 1. The molecule has 1 heterocycles. The Labute approximate surface area is 117 Å². The number of rotatable bonds is 4. The van der Waals surface area contributed by atoms with Crippen molar-refractivity contribution >= 4 is 21.8 Å². The molecular weight excluding hydrogens is 285 g/mol. The number of nitrogens with zero attached hydrogens (tertiary/aromatic N) is 2. The molecule has 0 aromatic heterocycles. The van der Waals surface area contributed by atoms with Crippen LogP contribution in [0.5, 0.6) is 0 Å². The van der Waals surface area contributed by atoms with Crippen LogP contribution in [0.3, 0.4) is 0 Å². The molecule has 0 unspecified atom stereocenters. The van der Waals surface area contributed by atoms with Crippen LogP contribution < -0.4 is 9.62 Å². The van der Waals surface area contributed by atoms with Crippen molar-refractivity contribution in [3.05, 3.63) is 30.1 Å². The second-order valence-electron chi connectivity index (χ2n) is 4.79. The predicted octanol–water partition coefficient (Wildman–Crippen LogP) is 0.327. The van der Waals surface area contributed by atoms with Crippen molar-refractivity contribution in [2.45, 2.75) is 12.5 Å². The lowest BCUT2D eigenvalue weighted by molar-refractivity contribution is -0.117. The van der Waals surface area contributed by atoms with E-state index in [0.29, 0.717) is 5.69 Å². The van der Waals surface area contributed by atoms with E-state index in [0.717, 1.165) is 4.31 Å². The van der Waals surface area contributed by atoms with Gasteiger partial charge in [-0.3, -0.25) is 4.79 Å². The molecule has 1 amide bonds. The average Bonchev–Trinajstić information content (AvgIpc) is 2.69. The largest absolute Gasteiger partial charge is 0.311 e. The summed E-state index contributed by atoms with van der Waals surface area (Å²) in [5.74, 6) is -0.672. The minimum Gasteiger partial charge on any atom is -0.311 e. The molecule has 2 rings (SSSR count). The molecule has 0 saturated carbocycles. The highest BCUT2D eigenvalue weighted by Crippen LogP contribution is 2.22. The van der Waals surface area contributed by atoms with Gasteiger partial charge in [-0.15, -0.1) is 0 Å². The first kappa shape index (κ1) is 14.9. The van der Waals surface area contributed by atoms with Gasteiger partial charge in [-0.25, -0.2) is 4.39 Å². The SMILES string of the molecule is CN(C)S(=O)(=O)N[C@H]1CC(=O)N(c2cccc(F)c2)C1. The maximum Gasteiger partial charge on any atom is 0.279 e. The second kappa shape index (κ2) is 5.47. The summed E-state index contributed by atoms with van der Waals surface area (Å²) in [5, 5.41) is 0. The van der Waals surface area contributed by atoms with Crippen molar-refractivity contribution in [2.24, 2.45) is 0 Å². The van der Waals surface area contributed by atoms with E-state index in [-0.39, 0.29) is 18.9 Å². The van der Waals surface area contributed by atoms with Crippen molar-refractivity contribution in [3.8, 4) is 0 Å². The predicted molar refractivity (Wildman–Crippen MR) is 72.9 cm³/mol. The lowest BCUT2D eigenvalue weighted by Crippen LogP contribution is -2.43. The number of anilines is 1. The zero-order chi connectivity index (χ0) is 14.9. The first-order valence-corrected chi connectivity index (χ1v) is 7.49. The van der Waals surface area contributed by atoms with Crippen LogP contribution in [0, 0.1) is 5.82 Å². The van der Waals surface area contributed by atoms with Crippen LogP contribution in [0.4, 0.5) is 10.1 Å². The van der Waals surface area contributed by atoms with E-state index in [2.05, 4.69) is 4.72 Å². The average molecular weight is 301 g/mol. The monoisotopic (exact) mass is 301 g/mol. The Morgan fingerprint density at radius 2 is 2.10 bits per heavy atom. The maximum atomic E-state index is 13.2. The zero-order valence-electron chi connectivity index (χ0n) is 11.2. The summed E-state index contributed by atoms with van der Waals surface area (Å²) in [5.41, 5.74) is 0.432. The lowest BCUT2D eigenvalue weighted by atomic mass is 10.3. The molecule has 1 aliphatic heterocycles. The quantitative estimate of drug-likeness (QED) is 0.871. The summed E-state index contributed by atoms with van der Waals surface area (Å²) >= 11 is 0. The van der Waals surface area contributed by atoms with Gasteiger partial charge >= 0.3 is 0 Å². The van der Waals surface area contributed by atoms with Gasteiger partial charge in [0.05, 0.1) is 0 Å². The van der Waals surface area contributed by atoms with Crippen LogP contribution in [-0.2, 0) is 15.0 Å². The van der Waals surface area contributed by atoms with Crippen LogP contribution in [-0.4, -0.2) is 45.3 Å². The minimum absolute atomic E-state index is 0.0591. The molecule has 1 atom stereocenters. The molecule has 0 bridgehead atoms. The molecule has 20 heavy (non-hydrogen) atoms. The highest BCUT2D eigenvalue weighted by Gasteiger charge is 2.33. The Kier molecular flexibility index (Phi) is 4.07. The summed E-state index contributed by atoms with van der Waals surface area (Å²) in [4.78, 5) is 13.3. The smallest absolute Gasteiger partial charge is 0.279 e. The fraction of sp³-hybridized carbons (Fsp3) is 0.417. The van der Waals surface area contributed by atoms with E-state index in [1.807, 2.05) is 0 Å². The molecular formula is C12H16FN3O3S. The first-order valence-electron chi connectivity index (χ1n) is 6.05. The highest BCUT2D eigenvalue weighted by molar-refractivity contribution is 7.87. The molecule has 1 saturated heterocycles. The Balaban J connectivity index is 2.12. The normalized spacial score (nSPS) is 19.9. The number of carbonyl (C=O) groups excluding carboxylic acids is 1. The highest BCUT2D eigenvalue weighted by atomic mass is 32.2. The van der Waals surface area contributed by atoms with Gasteiger partial charge in [0, 0.05) is 38.8 Å². The van der Waals surface area contributed by atoms with Gasteiger partial charge < -0.3 is 4.90 Å². The van der Waals surface area contributed by atoms with Crippen LogP contribution in [0.2, 0.25) is 0 Å². The van der Waals surface area contributed by atoms with E-state index in [1.165, 1.54) is 37.2 Å². The molecule has 1 fully saturated rings. The van der Waals surface area contributed by atoms with E-state index < -0.39 is 22.1 Å². The number of hydrogen-bond acceptors (Lipinski definition) is 3. The first-order chi connectivity index (χ1) is 9.29. The van der Waals surface area contributed by atoms with E-state index in [4.69, 9.17) is 0 Å². The van der Waals surface area contributed by atoms with Gasteiger partial charge in [-0.1, -0.05) is 6.07 Å². The topological polar surface area (TPSA) is 69.7 Å². The lowest BCUT2D eigenvalue weighted by Gasteiger charge is -2.18. The van der Waals surface area contributed by atoms with Gasteiger partial charge in [-0.2, -0.15) is 17.4 Å². The zero-order valence-corrected chi connectivity index (χ0v) is 12.0. The molecule has 6 nitrogen and oxygen atoms in total. The summed E-state index contributed by atoms with van der Waals surface area (Å²) < 4.78 is 40.1. The van der Waals surface area contributed by atoms with Crippen molar-refractivity contribution in [2.75, 3.05) is 25.5 Å². The molecule has 1 aliphatic rings. The molecule has 0 aliphatic carbocycles. The number of hydrogen-bond donors (Lipinski definition) is 1. The van der Waals surface area contributed by atoms with Crippen LogP contribution >= 0.6 is 0 Å². The summed E-state index contributed by atoms with van der Waals surface area (Å²) in [6.45, 7) is 0.190. The fourth-order valence-electron chi connectivity index (χ4n) is 2.00. The van der Waals surface area contributed by atoms with E-state index in [9.17, 15) is 17.6 Å². The van der Waals surface area contributed by atoms with Crippen molar-refractivity contribution in [1.29, 1.82) is 0 Å². The third kappa shape index (κ3) is 3.14. The van der Waals surface area contributed by atoms with Crippen LogP contribution in [0.1, 0.15) is 6.42 Å². The van der Waals surface area contributed by atoms with Crippen LogP contribution in [0.15, 0.2) is 24.3 Å². The van der Waals surface area contributed by atoms with E-state index >= 15 is 0 Å². The molecule has 0 spiro atoms. The fourth-order valence-corrected chi connectivity index (χ4v) is 2.79. The number of halogens is 1. The minimum atomic E-state index is -3.59. The number of carbonyl (C=O) groups is 1. The second-order valence-corrected chi connectivity index (χ2v) is 6.71. The van der Waals surface area contributed by atoms with Gasteiger partial charge in [-0.05, 0) is 18.2 Å². The molecule has 1 aromatic rings. The summed E-state index contributed by atoms with van der Waals surface area (Å²) in [6.07, 6.45) is 0.0591. The molecule has 1 N–H and O–H groups in total. The van der Waals surface area contributed by atoms with Crippen LogP contribution in [0.25, 0.3) is 0 Å². The Bertz CT molecular complexity index is 618. The van der Waals surface area contributed by atoms with Gasteiger partial charge in [0.2, 0.25) is 5.91 Å². The molecule has 110 valence electrons. The number of amides is 1. The summed E-state index contributed by atoms with van der Waals surface area (Å²) in [6, 6.07) is 5.15. The third-order valence-electron chi connectivity index (χ3n) is 3.04. The summed E-state index contributed by atoms with van der Waals surface area (Å²) in [7, 11) is -0.776. The maximum absolute atomic E-state index is 13.2. The van der Waals surface area contributed by atoms with Crippen molar-refractivity contribution in [1.82, 2.24) is 9.03 Å². The van der Waals surface area contributed by atoms with Crippen molar-refractivity contribution < 1.29 is 17.6 Å². The Morgan fingerprint density at radius 1 is 1.40 bits per heavy atom. The molecule has 8 heteroatoms. The van der Waals surface area contributed by atoms with E-state index in [1.54, 1.807) is 6.07 Å².